The number of carbonyl (C=O) groups is 2. The molecule has 0 bridgehead atoms. The predicted molar refractivity (Wildman–Crippen MR) is 121 cm³/mol. The monoisotopic (exact) mass is 474 g/mol. The number of amides is 2. The van der Waals surface area contributed by atoms with E-state index in [9.17, 15) is 14.9 Å². The van der Waals surface area contributed by atoms with Gasteiger partial charge in [-0.25, -0.2) is 0 Å². The van der Waals surface area contributed by atoms with Crippen molar-refractivity contribution in [1.29, 1.82) is 5.26 Å². The molecular formula is C23H18N6O4S. The van der Waals surface area contributed by atoms with Crippen molar-refractivity contribution in [3.8, 4) is 6.07 Å². The first-order valence-electron chi connectivity index (χ1n) is 11.0. The van der Waals surface area contributed by atoms with Gasteiger partial charge in [0.2, 0.25) is 5.76 Å². The summed E-state index contributed by atoms with van der Waals surface area (Å²) >= 11 is 1.28. The van der Waals surface area contributed by atoms with Gasteiger partial charge < -0.3 is 19.6 Å². The highest BCUT2D eigenvalue weighted by Gasteiger charge is 2.34. The quantitative estimate of drug-likeness (QED) is 0.446. The summed E-state index contributed by atoms with van der Waals surface area (Å²) in [5.74, 6) is 0.293. The third kappa shape index (κ3) is 3.52. The molecule has 2 amide bonds. The lowest BCUT2D eigenvalue weighted by molar-refractivity contribution is 0.0926. The normalized spacial score (nSPS) is 17.2. The van der Waals surface area contributed by atoms with Gasteiger partial charge in [0.1, 0.15) is 23.1 Å². The number of fused-ring (bicyclic) bond motifs is 2. The lowest BCUT2D eigenvalue weighted by atomic mass is 9.91. The summed E-state index contributed by atoms with van der Waals surface area (Å²) in [6.45, 7) is 0. The number of nitrogens with one attached hydrogen (secondary N) is 2. The number of aryl methyl sites for hydroxylation is 1. The van der Waals surface area contributed by atoms with Crippen LogP contribution < -0.4 is 10.6 Å². The van der Waals surface area contributed by atoms with Crippen molar-refractivity contribution in [3.63, 3.8) is 0 Å². The molecule has 1 aromatic carbocycles. The van der Waals surface area contributed by atoms with Crippen molar-refractivity contribution in [2.45, 2.75) is 44.1 Å². The second-order valence-corrected chi connectivity index (χ2v) is 9.26. The van der Waals surface area contributed by atoms with Crippen LogP contribution in [0.2, 0.25) is 0 Å². The number of carbonyl (C=O) groups excluding carboxylic acids is 2. The van der Waals surface area contributed by atoms with Crippen LogP contribution in [0.3, 0.4) is 0 Å². The highest BCUT2D eigenvalue weighted by Crippen LogP contribution is 2.43. The van der Waals surface area contributed by atoms with E-state index in [2.05, 4.69) is 25.4 Å². The van der Waals surface area contributed by atoms with E-state index in [0.717, 1.165) is 17.7 Å². The van der Waals surface area contributed by atoms with Gasteiger partial charge in [-0.1, -0.05) is 21.8 Å². The van der Waals surface area contributed by atoms with Crippen LogP contribution in [0.25, 0.3) is 11.0 Å². The van der Waals surface area contributed by atoms with Gasteiger partial charge in [-0.05, 0) is 55.3 Å². The Kier molecular flexibility index (Phi) is 4.88. The summed E-state index contributed by atoms with van der Waals surface area (Å²) in [6, 6.07) is 8.86. The Hall–Kier alpha value is -4.04. The molecule has 0 aliphatic heterocycles. The highest BCUT2D eigenvalue weighted by atomic mass is 32.1. The summed E-state index contributed by atoms with van der Waals surface area (Å²) in [5.41, 5.74) is 1.99. The summed E-state index contributed by atoms with van der Waals surface area (Å²) in [6.07, 6.45) is 3.74. The number of hydrogen-bond acceptors (Lipinski definition) is 9. The van der Waals surface area contributed by atoms with Gasteiger partial charge in [0.25, 0.3) is 11.8 Å². The number of aromatic nitrogens is 3. The van der Waals surface area contributed by atoms with Gasteiger partial charge in [-0.3, -0.25) is 9.59 Å². The van der Waals surface area contributed by atoms with E-state index in [4.69, 9.17) is 8.94 Å². The SMILES string of the molecule is N#Cc1oc2ccccc2c1NC(=O)c1noc2c1CC(NC(=O)c1nnsc1C1CC1)CC2. The number of para-hydroxylation sites is 1. The Morgan fingerprint density at radius 3 is 2.82 bits per heavy atom. The van der Waals surface area contributed by atoms with Crippen molar-refractivity contribution in [2.24, 2.45) is 0 Å². The van der Waals surface area contributed by atoms with E-state index >= 15 is 0 Å². The molecule has 34 heavy (non-hydrogen) atoms. The lowest BCUT2D eigenvalue weighted by Crippen LogP contribution is -2.39. The molecule has 11 heteroatoms. The maximum atomic E-state index is 13.1. The molecule has 1 fully saturated rings. The second-order valence-electron chi connectivity index (χ2n) is 8.47. The number of furan rings is 1. The van der Waals surface area contributed by atoms with Gasteiger partial charge >= 0.3 is 0 Å². The average molecular weight is 475 g/mol. The fourth-order valence-corrected chi connectivity index (χ4v) is 5.16. The zero-order valence-electron chi connectivity index (χ0n) is 17.8. The number of hydrogen-bond donors (Lipinski definition) is 2. The van der Waals surface area contributed by atoms with Crippen molar-refractivity contribution in [3.05, 3.63) is 57.6 Å². The minimum atomic E-state index is -0.500. The van der Waals surface area contributed by atoms with Crippen LogP contribution in [0.5, 0.6) is 0 Å². The minimum absolute atomic E-state index is 0.0143. The maximum Gasteiger partial charge on any atom is 0.278 e. The molecule has 1 unspecified atom stereocenters. The van der Waals surface area contributed by atoms with Gasteiger partial charge in [-0.15, -0.1) is 5.10 Å². The van der Waals surface area contributed by atoms with Crippen molar-refractivity contribution < 1.29 is 18.5 Å². The predicted octanol–water partition coefficient (Wildman–Crippen LogP) is 3.56. The maximum absolute atomic E-state index is 13.1. The van der Waals surface area contributed by atoms with Crippen LogP contribution in [0.15, 0.2) is 33.2 Å². The van der Waals surface area contributed by atoms with E-state index in [1.807, 2.05) is 6.07 Å². The zero-order valence-corrected chi connectivity index (χ0v) is 18.6. The first-order chi connectivity index (χ1) is 16.6. The summed E-state index contributed by atoms with van der Waals surface area (Å²) in [4.78, 5) is 26.9. The van der Waals surface area contributed by atoms with Gasteiger partial charge in [0.05, 0.1) is 4.88 Å². The number of rotatable bonds is 5. The molecule has 6 rings (SSSR count). The van der Waals surface area contributed by atoms with E-state index in [-0.39, 0.29) is 23.4 Å². The molecule has 1 atom stereocenters. The lowest BCUT2D eigenvalue weighted by Gasteiger charge is -2.22. The molecule has 1 saturated carbocycles. The van der Waals surface area contributed by atoms with Crippen molar-refractivity contribution >= 4 is 40.0 Å². The smallest absolute Gasteiger partial charge is 0.278 e. The van der Waals surface area contributed by atoms with Gasteiger partial charge in [-0.2, -0.15) is 5.26 Å². The number of benzene rings is 1. The van der Waals surface area contributed by atoms with E-state index < -0.39 is 5.91 Å². The largest absolute Gasteiger partial charge is 0.443 e. The molecule has 2 aliphatic rings. The second kappa shape index (κ2) is 8.07. The molecule has 0 saturated heterocycles. The molecule has 2 N–H and O–H groups in total. The van der Waals surface area contributed by atoms with Crippen molar-refractivity contribution in [2.75, 3.05) is 5.32 Å². The highest BCUT2D eigenvalue weighted by molar-refractivity contribution is 7.06. The molecule has 3 heterocycles. The van der Waals surface area contributed by atoms with Gasteiger partial charge in [0.15, 0.2) is 11.4 Å². The third-order valence-electron chi connectivity index (χ3n) is 6.20. The number of nitrogens with zero attached hydrogens (tertiary/aromatic N) is 4. The Labute approximate surface area is 197 Å². The van der Waals surface area contributed by atoms with Gasteiger partial charge in [0, 0.05) is 23.4 Å². The number of anilines is 1. The molecule has 170 valence electrons. The Morgan fingerprint density at radius 1 is 1.15 bits per heavy atom. The standard InChI is InChI=1S/C23H18N6O4S/c24-10-17-18(13-3-1-2-4-15(13)32-17)26-22(30)19-14-9-12(7-8-16(14)33-28-19)25-23(31)20-21(11-5-6-11)34-29-27-20/h1-4,11-12H,5-9H2,(H,25,31)(H,26,30). The van der Waals surface area contributed by atoms with Crippen LogP contribution in [0.4, 0.5) is 5.69 Å². The average Bonchev–Trinajstić information content (AvgIpc) is 3.27. The van der Waals surface area contributed by atoms with Crippen LogP contribution in [-0.2, 0) is 12.8 Å². The zero-order chi connectivity index (χ0) is 23.2. The summed E-state index contributed by atoms with van der Waals surface area (Å²) in [7, 11) is 0. The minimum Gasteiger partial charge on any atom is -0.443 e. The topological polar surface area (TPSA) is 147 Å². The molecule has 3 aromatic heterocycles. The number of nitriles is 1. The van der Waals surface area contributed by atoms with Crippen molar-refractivity contribution in [1.82, 2.24) is 20.1 Å². The molecule has 4 aromatic rings. The van der Waals surface area contributed by atoms with Crippen LogP contribution >= 0.6 is 11.5 Å². The Bertz CT molecular complexity index is 1470. The molecule has 10 nitrogen and oxygen atoms in total. The van der Waals surface area contributed by atoms with E-state index in [1.165, 1.54) is 11.5 Å². The first-order valence-corrected chi connectivity index (χ1v) is 11.7. The first kappa shape index (κ1) is 20.6. The summed E-state index contributed by atoms with van der Waals surface area (Å²) < 4.78 is 14.9. The summed E-state index contributed by atoms with van der Waals surface area (Å²) in [5, 5.41) is 23.9. The third-order valence-corrected chi connectivity index (χ3v) is 7.09. The van der Waals surface area contributed by atoms with Crippen LogP contribution in [-0.4, -0.2) is 32.6 Å². The molecule has 0 radical (unpaired) electrons. The molecular weight excluding hydrogens is 456 g/mol. The molecule has 0 spiro atoms. The Morgan fingerprint density at radius 2 is 2.00 bits per heavy atom. The van der Waals surface area contributed by atoms with E-state index in [1.54, 1.807) is 24.3 Å². The van der Waals surface area contributed by atoms with Crippen LogP contribution in [0, 0.1) is 11.3 Å². The fraction of sp³-hybridized carbons (Fsp3) is 0.304. The molecule has 2 aliphatic carbocycles. The Balaban J connectivity index is 1.21. The van der Waals surface area contributed by atoms with Crippen LogP contribution in [0.1, 0.15) is 68.1 Å². The van der Waals surface area contributed by atoms with E-state index in [0.29, 0.717) is 58.9 Å². The fourth-order valence-electron chi connectivity index (χ4n) is 4.35.